The Morgan fingerprint density at radius 2 is 1.75 bits per heavy atom. The second kappa shape index (κ2) is 5.78. The first kappa shape index (κ1) is 14.8. The molecule has 0 amide bonds. The highest BCUT2D eigenvalue weighted by atomic mass is 35.5. The van der Waals surface area contributed by atoms with Crippen molar-refractivity contribution in [3.63, 3.8) is 0 Å². The van der Waals surface area contributed by atoms with Crippen molar-refractivity contribution in [3.8, 4) is 0 Å². The standard InChI is InChI=1S/C17H17ClO2/c1-17(2,15(19)12-7-4-3-5-8-12)16(20)13-9-6-10-14(18)11-13/h3-11,16,20H,1-2H3. The SMILES string of the molecule is CC(C)(C(=O)c1ccccc1)C(O)c1cccc(Cl)c1. The average Bonchev–Trinajstić information content (AvgIpc) is 2.46. The molecule has 104 valence electrons. The number of benzene rings is 2. The fourth-order valence-corrected chi connectivity index (χ4v) is 2.38. The molecule has 0 aliphatic heterocycles. The summed E-state index contributed by atoms with van der Waals surface area (Å²) < 4.78 is 0. The maximum absolute atomic E-state index is 12.6. The van der Waals surface area contributed by atoms with Gasteiger partial charge in [-0.15, -0.1) is 0 Å². The van der Waals surface area contributed by atoms with Crippen LogP contribution in [0.5, 0.6) is 0 Å². The molecule has 20 heavy (non-hydrogen) atoms. The highest BCUT2D eigenvalue weighted by Gasteiger charge is 2.37. The lowest BCUT2D eigenvalue weighted by Crippen LogP contribution is -2.31. The fourth-order valence-electron chi connectivity index (χ4n) is 2.18. The van der Waals surface area contributed by atoms with Crippen LogP contribution >= 0.6 is 11.6 Å². The first-order chi connectivity index (χ1) is 9.43. The molecule has 0 saturated carbocycles. The Kier molecular flexibility index (Phi) is 4.26. The van der Waals surface area contributed by atoms with E-state index in [2.05, 4.69) is 0 Å². The number of carbonyl (C=O) groups is 1. The predicted octanol–water partition coefficient (Wildman–Crippen LogP) is 4.28. The largest absolute Gasteiger partial charge is 0.387 e. The van der Waals surface area contributed by atoms with Gasteiger partial charge in [-0.1, -0.05) is 54.1 Å². The summed E-state index contributed by atoms with van der Waals surface area (Å²) in [4.78, 5) is 12.6. The molecule has 0 spiro atoms. The van der Waals surface area contributed by atoms with Crippen LogP contribution < -0.4 is 0 Å². The number of hydrogen-bond donors (Lipinski definition) is 1. The van der Waals surface area contributed by atoms with Crippen molar-refractivity contribution in [2.24, 2.45) is 5.41 Å². The highest BCUT2D eigenvalue weighted by Crippen LogP contribution is 2.37. The summed E-state index contributed by atoms with van der Waals surface area (Å²) >= 11 is 5.94. The van der Waals surface area contributed by atoms with Crippen molar-refractivity contribution < 1.29 is 9.90 Å². The van der Waals surface area contributed by atoms with E-state index in [-0.39, 0.29) is 5.78 Å². The lowest BCUT2D eigenvalue weighted by atomic mass is 9.76. The lowest BCUT2D eigenvalue weighted by molar-refractivity contribution is 0.0388. The molecule has 1 unspecified atom stereocenters. The van der Waals surface area contributed by atoms with Crippen LogP contribution in [0.3, 0.4) is 0 Å². The molecule has 1 atom stereocenters. The minimum atomic E-state index is -0.925. The molecule has 0 fully saturated rings. The Hall–Kier alpha value is -1.64. The van der Waals surface area contributed by atoms with Gasteiger partial charge in [0.15, 0.2) is 5.78 Å². The topological polar surface area (TPSA) is 37.3 Å². The molecular weight excluding hydrogens is 272 g/mol. The number of aliphatic hydroxyl groups excluding tert-OH is 1. The molecule has 2 nitrogen and oxygen atoms in total. The number of halogens is 1. The summed E-state index contributed by atoms with van der Waals surface area (Å²) in [6.45, 7) is 3.49. The number of Topliss-reactive ketones (excluding diaryl/α,β-unsaturated/α-hetero) is 1. The molecule has 0 bridgehead atoms. The van der Waals surface area contributed by atoms with Crippen molar-refractivity contribution >= 4 is 17.4 Å². The normalized spacial score (nSPS) is 13.0. The number of hydrogen-bond acceptors (Lipinski definition) is 2. The third kappa shape index (κ3) is 2.92. The highest BCUT2D eigenvalue weighted by molar-refractivity contribution is 6.30. The maximum atomic E-state index is 12.6. The molecule has 2 rings (SSSR count). The monoisotopic (exact) mass is 288 g/mol. The van der Waals surface area contributed by atoms with E-state index in [1.807, 2.05) is 18.2 Å². The Labute approximate surface area is 124 Å². The number of rotatable bonds is 4. The Morgan fingerprint density at radius 1 is 1.10 bits per heavy atom. The summed E-state index contributed by atoms with van der Waals surface area (Å²) in [5.74, 6) is -0.0921. The summed E-state index contributed by atoms with van der Waals surface area (Å²) in [5.41, 5.74) is 0.317. The number of carbonyl (C=O) groups excluding carboxylic acids is 1. The second-order valence-electron chi connectivity index (χ2n) is 5.37. The maximum Gasteiger partial charge on any atom is 0.171 e. The van der Waals surface area contributed by atoms with Gasteiger partial charge in [0, 0.05) is 10.6 Å². The van der Waals surface area contributed by atoms with E-state index in [1.165, 1.54) is 0 Å². The van der Waals surface area contributed by atoms with Crippen LogP contribution in [-0.4, -0.2) is 10.9 Å². The van der Waals surface area contributed by atoms with E-state index in [0.29, 0.717) is 16.1 Å². The minimum absolute atomic E-state index is 0.0921. The van der Waals surface area contributed by atoms with Gasteiger partial charge in [-0.25, -0.2) is 0 Å². The molecule has 3 heteroatoms. The van der Waals surface area contributed by atoms with Crippen LogP contribution in [0, 0.1) is 5.41 Å². The number of ketones is 1. The predicted molar refractivity (Wildman–Crippen MR) is 81.0 cm³/mol. The molecule has 2 aromatic carbocycles. The van der Waals surface area contributed by atoms with Gasteiger partial charge in [0.2, 0.25) is 0 Å². The van der Waals surface area contributed by atoms with Crippen molar-refractivity contribution in [1.82, 2.24) is 0 Å². The number of aliphatic hydroxyl groups is 1. The Balaban J connectivity index is 2.32. The van der Waals surface area contributed by atoms with E-state index in [9.17, 15) is 9.90 Å². The van der Waals surface area contributed by atoms with Gasteiger partial charge in [0.25, 0.3) is 0 Å². The van der Waals surface area contributed by atoms with Gasteiger partial charge < -0.3 is 5.11 Å². The molecule has 0 saturated heterocycles. The molecule has 2 aromatic rings. The molecule has 0 radical (unpaired) electrons. The summed E-state index contributed by atoms with van der Waals surface area (Å²) in [5, 5.41) is 11.1. The third-order valence-corrected chi connectivity index (χ3v) is 3.70. The Morgan fingerprint density at radius 3 is 2.35 bits per heavy atom. The molecular formula is C17H17ClO2. The second-order valence-corrected chi connectivity index (χ2v) is 5.81. The van der Waals surface area contributed by atoms with Crippen molar-refractivity contribution in [1.29, 1.82) is 0 Å². The molecule has 0 aliphatic rings. The minimum Gasteiger partial charge on any atom is -0.387 e. The molecule has 0 heterocycles. The van der Waals surface area contributed by atoms with E-state index in [1.54, 1.807) is 50.2 Å². The van der Waals surface area contributed by atoms with Crippen molar-refractivity contribution in [3.05, 3.63) is 70.7 Å². The molecule has 0 aliphatic carbocycles. The van der Waals surface area contributed by atoms with Gasteiger partial charge in [0.1, 0.15) is 0 Å². The van der Waals surface area contributed by atoms with Gasteiger partial charge in [-0.05, 0) is 31.5 Å². The van der Waals surface area contributed by atoms with Crippen LogP contribution in [0.15, 0.2) is 54.6 Å². The van der Waals surface area contributed by atoms with Crippen LogP contribution in [0.25, 0.3) is 0 Å². The average molecular weight is 289 g/mol. The molecule has 1 N–H and O–H groups in total. The zero-order valence-electron chi connectivity index (χ0n) is 11.5. The molecule has 0 aromatic heterocycles. The first-order valence-electron chi connectivity index (χ1n) is 6.46. The van der Waals surface area contributed by atoms with Crippen LogP contribution in [0.4, 0.5) is 0 Å². The van der Waals surface area contributed by atoms with E-state index in [0.717, 1.165) is 0 Å². The van der Waals surface area contributed by atoms with Gasteiger partial charge in [-0.2, -0.15) is 0 Å². The van der Waals surface area contributed by atoms with Crippen LogP contribution in [0.1, 0.15) is 35.9 Å². The Bertz CT molecular complexity index is 605. The van der Waals surface area contributed by atoms with Gasteiger partial charge >= 0.3 is 0 Å². The van der Waals surface area contributed by atoms with E-state index in [4.69, 9.17) is 11.6 Å². The van der Waals surface area contributed by atoms with Crippen molar-refractivity contribution in [2.45, 2.75) is 20.0 Å². The van der Waals surface area contributed by atoms with E-state index >= 15 is 0 Å². The summed E-state index contributed by atoms with van der Waals surface area (Å²) in [6.07, 6.45) is -0.908. The first-order valence-corrected chi connectivity index (χ1v) is 6.84. The summed E-state index contributed by atoms with van der Waals surface area (Å²) in [6, 6.07) is 16.0. The van der Waals surface area contributed by atoms with Gasteiger partial charge in [-0.3, -0.25) is 4.79 Å². The fraction of sp³-hybridized carbons (Fsp3) is 0.235. The van der Waals surface area contributed by atoms with E-state index < -0.39 is 11.5 Å². The van der Waals surface area contributed by atoms with Gasteiger partial charge in [0.05, 0.1) is 11.5 Å². The third-order valence-electron chi connectivity index (χ3n) is 3.47. The smallest absolute Gasteiger partial charge is 0.171 e. The van der Waals surface area contributed by atoms with Crippen LogP contribution in [0.2, 0.25) is 5.02 Å². The quantitative estimate of drug-likeness (QED) is 0.853. The lowest BCUT2D eigenvalue weighted by Gasteiger charge is -2.29. The van der Waals surface area contributed by atoms with Crippen LogP contribution in [-0.2, 0) is 0 Å². The summed E-state index contributed by atoms with van der Waals surface area (Å²) in [7, 11) is 0. The zero-order chi connectivity index (χ0) is 14.8. The van der Waals surface area contributed by atoms with Crippen molar-refractivity contribution in [2.75, 3.05) is 0 Å². The zero-order valence-corrected chi connectivity index (χ0v) is 12.3.